The largest absolute Gasteiger partial charge is 0.309 e. The normalized spacial score (nSPS) is 14.9. The van der Waals surface area contributed by atoms with Gasteiger partial charge in [0.25, 0.3) is 0 Å². The Kier molecular flexibility index (Phi) is 6.85. The summed E-state index contributed by atoms with van der Waals surface area (Å²) in [6.45, 7) is 2.29. The summed E-state index contributed by atoms with van der Waals surface area (Å²) in [6, 6.07) is 57.0. The van der Waals surface area contributed by atoms with E-state index < -0.39 is 0 Å². The average Bonchev–Trinajstić information content (AvgIpc) is 3.48. The van der Waals surface area contributed by atoms with Crippen LogP contribution in [0.1, 0.15) is 18.9 Å². The Morgan fingerprint density at radius 3 is 2.10 bits per heavy atom. The van der Waals surface area contributed by atoms with E-state index in [1.54, 1.807) is 0 Å². The van der Waals surface area contributed by atoms with E-state index in [2.05, 4.69) is 192 Å². The first-order valence-electron chi connectivity index (χ1n) is 17.8. The number of pyridine rings is 1. The summed E-state index contributed by atoms with van der Waals surface area (Å²) in [5.41, 5.74) is 13.9. The molecule has 1 unspecified atom stereocenters. The molecule has 0 saturated heterocycles. The molecule has 1 atom stereocenters. The van der Waals surface area contributed by atoms with Gasteiger partial charge in [0.05, 0.1) is 28.3 Å². The number of hydrogen-bond donors (Lipinski definition) is 0. The summed E-state index contributed by atoms with van der Waals surface area (Å²) in [7, 11) is 0. The van der Waals surface area contributed by atoms with Crippen molar-refractivity contribution in [2.45, 2.75) is 13.3 Å². The Morgan fingerprint density at radius 2 is 1.29 bits per heavy atom. The van der Waals surface area contributed by atoms with Crippen LogP contribution in [-0.4, -0.2) is 9.55 Å². The summed E-state index contributed by atoms with van der Waals surface area (Å²) in [6.07, 6.45) is 7.77. The first kappa shape index (κ1) is 29.5. The lowest BCUT2D eigenvalue weighted by Gasteiger charge is -2.27. The van der Waals surface area contributed by atoms with Crippen molar-refractivity contribution in [2.75, 3.05) is 4.90 Å². The fourth-order valence-corrected chi connectivity index (χ4v) is 8.17. The van der Waals surface area contributed by atoms with Crippen LogP contribution in [0.15, 0.2) is 176 Å². The van der Waals surface area contributed by atoms with Crippen LogP contribution in [0.3, 0.4) is 0 Å². The maximum Gasteiger partial charge on any atom is 0.138 e. The van der Waals surface area contributed by atoms with E-state index in [4.69, 9.17) is 4.98 Å². The molecule has 10 rings (SSSR count). The van der Waals surface area contributed by atoms with E-state index in [1.165, 1.54) is 43.9 Å². The molecule has 0 bridgehead atoms. The number of nitrogens with zero attached hydrogens (tertiary/aromatic N) is 3. The van der Waals surface area contributed by atoms with E-state index in [0.29, 0.717) is 5.92 Å². The van der Waals surface area contributed by atoms with Crippen LogP contribution in [-0.2, 0) is 0 Å². The SMILES string of the molecule is CC1C=CC=C(c2cc(-c3ccccc3)nc(-n3c4c(c5ccc6ccccc6c53)-c3ccccc3N(c3ccccc3)c3ccccc3-4)c2)C1. The molecule has 1 aliphatic heterocycles. The number of para-hydroxylation sites is 3. The van der Waals surface area contributed by atoms with Gasteiger partial charge in [-0.1, -0.05) is 146 Å². The van der Waals surface area contributed by atoms with Crippen molar-refractivity contribution in [3.8, 4) is 39.5 Å². The fourth-order valence-electron chi connectivity index (χ4n) is 8.17. The zero-order valence-corrected chi connectivity index (χ0v) is 28.4. The minimum absolute atomic E-state index is 0.474. The Hall–Kier alpha value is -6.45. The van der Waals surface area contributed by atoms with Crippen LogP contribution in [0.5, 0.6) is 0 Å². The highest BCUT2D eigenvalue weighted by Crippen LogP contribution is 2.55. The predicted molar refractivity (Wildman–Crippen MR) is 214 cm³/mol. The number of allylic oxidation sites excluding steroid dienone is 4. The summed E-state index contributed by atoms with van der Waals surface area (Å²) >= 11 is 0. The zero-order chi connectivity index (χ0) is 33.9. The lowest BCUT2D eigenvalue weighted by Crippen LogP contribution is -2.11. The first-order chi connectivity index (χ1) is 25.2. The molecular weight excluding hydrogens is 619 g/mol. The third kappa shape index (κ3) is 4.77. The molecule has 2 aliphatic rings. The number of fused-ring (bicyclic) bond motifs is 9. The maximum atomic E-state index is 5.57. The highest BCUT2D eigenvalue weighted by molar-refractivity contribution is 6.19. The van der Waals surface area contributed by atoms with Crippen LogP contribution in [0, 0.1) is 5.92 Å². The maximum absolute atomic E-state index is 5.57. The van der Waals surface area contributed by atoms with Crippen molar-refractivity contribution in [3.05, 3.63) is 182 Å². The van der Waals surface area contributed by atoms with Gasteiger partial charge in [0.15, 0.2) is 0 Å². The van der Waals surface area contributed by atoms with Crippen molar-refractivity contribution in [1.29, 1.82) is 0 Å². The topological polar surface area (TPSA) is 21.1 Å². The smallest absolute Gasteiger partial charge is 0.138 e. The van der Waals surface area contributed by atoms with Gasteiger partial charge in [-0.2, -0.15) is 0 Å². The quantitative estimate of drug-likeness (QED) is 0.188. The van der Waals surface area contributed by atoms with Gasteiger partial charge < -0.3 is 4.90 Å². The molecule has 6 aromatic carbocycles. The van der Waals surface area contributed by atoms with Crippen molar-refractivity contribution in [2.24, 2.45) is 5.92 Å². The number of aromatic nitrogens is 2. The molecule has 242 valence electrons. The fraction of sp³-hybridized carbons (Fsp3) is 0.0625. The molecule has 2 aromatic heterocycles. The molecule has 0 N–H and O–H groups in total. The van der Waals surface area contributed by atoms with E-state index >= 15 is 0 Å². The monoisotopic (exact) mass is 653 g/mol. The molecule has 51 heavy (non-hydrogen) atoms. The van der Waals surface area contributed by atoms with Gasteiger partial charge >= 0.3 is 0 Å². The number of hydrogen-bond acceptors (Lipinski definition) is 2. The van der Waals surface area contributed by atoms with Gasteiger partial charge in [0.2, 0.25) is 0 Å². The number of anilines is 3. The van der Waals surface area contributed by atoms with E-state index in [9.17, 15) is 0 Å². The van der Waals surface area contributed by atoms with Crippen molar-refractivity contribution in [1.82, 2.24) is 9.55 Å². The summed E-state index contributed by atoms with van der Waals surface area (Å²) in [5, 5.41) is 3.63. The molecule has 0 radical (unpaired) electrons. The second-order valence-electron chi connectivity index (χ2n) is 13.7. The molecule has 3 heteroatoms. The van der Waals surface area contributed by atoms with Crippen LogP contribution in [0.25, 0.3) is 66.7 Å². The van der Waals surface area contributed by atoms with Crippen LogP contribution >= 0.6 is 0 Å². The molecule has 3 nitrogen and oxygen atoms in total. The second kappa shape index (κ2) is 11.9. The highest BCUT2D eigenvalue weighted by atomic mass is 15.2. The molecule has 0 saturated carbocycles. The lowest BCUT2D eigenvalue weighted by molar-refractivity contribution is 0.748. The van der Waals surface area contributed by atoms with Gasteiger partial charge in [0.1, 0.15) is 5.82 Å². The van der Waals surface area contributed by atoms with E-state index in [0.717, 1.165) is 51.8 Å². The summed E-state index contributed by atoms with van der Waals surface area (Å²) < 4.78 is 2.47. The molecular formula is C48H35N3. The molecule has 1 aliphatic carbocycles. The first-order valence-corrected chi connectivity index (χ1v) is 17.8. The molecule has 8 aromatic rings. The van der Waals surface area contributed by atoms with Crippen LogP contribution in [0.2, 0.25) is 0 Å². The summed E-state index contributed by atoms with van der Waals surface area (Å²) in [5.74, 6) is 1.39. The third-order valence-electron chi connectivity index (χ3n) is 10.4. The number of rotatable bonds is 4. The molecule has 0 fully saturated rings. The summed E-state index contributed by atoms with van der Waals surface area (Å²) in [4.78, 5) is 7.98. The van der Waals surface area contributed by atoms with Gasteiger partial charge in [-0.05, 0) is 65.3 Å². The Morgan fingerprint density at radius 1 is 0.608 bits per heavy atom. The third-order valence-corrected chi connectivity index (χ3v) is 10.4. The van der Waals surface area contributed by atoms with Crippen LogP contribution < -0.4 is 4.90 Å². The molecule has 0 spiro atoms. The van der Waals surface area contributed by atoms with Gasteiger partial charge in [-0.15, -0.1) is 0 Å². The van der Waals surface area contributed by atoms with Gasteiger partial charge in [-0.25, -0.2) is 4.98 Å². The van der Waals surface area contributed by atoms with Crippen molar-refractivity contribution >= 4 is 44.3 Å². The highest BCUT2D eigenvalue weighted by Gasteiger charge is 2.32. The molecule has 0 amide bonds. The minimum atomic E-state index is 0.474. The standard InChI is InChI=1S/C48H35N3/c1-32-15-14-19-35(29-32)36-30-42(34-17-4-2-5-18-34)49-45(31-36)51-47-38-22-9-8-16-33(38)27-28-41(47)46-39-23-10-12-25-43(39)50(37-20-6-3-7-21-37)44-26-13-11-24-40(44)48(46)51/h2-28,30-32H,29H2,1H3. The predicted octanol–water partition coefficient (Wildman–Crippen LogP) is 12.9. The second-order valence-corrected chi connectivity index (χ2v) is 13.7. The van der Waals surface area contributed by atoms with Crippen molar-refractivity contribution < 1.29 is 0 Å². The van der Waals surface area contributed by atoms with Crippen LogP contribution in [0.4, 0.5) is 17.1 Å². The zero-order valence-electron chi connectivity index (χ0n) is 28.4. The van der Waals surface area contributed by atoms with E-state index in [-0.39, 0.29) is 0 Å². The van der Waals surface area contributed by atoms with E-state index in [1.807, 2.05) is 0 Å². The Balaban J connectivity index is 1.38. The number of benzene rings is 6. The minimum Gasteiger partial charge on any atom is -0.309 e. The van der Waals surface area contributed by atoms with Crippen molar-refractivity contribution in [3.63, 3.8) is 0 Å². The lowest BCUT2D eigenvalue weighted by atomic mass is 9.91. The Labute approximate surface area is 298 Å². The molecule has 3 heterocycles. The van der Waals surface area contributed by atoms with Gasteiger partial charge in [-0.3, -0.25) is 4.57 Å². The van der Waals surface area contributed by atoms with Gasteiger partial charge in [0, 0.05) is 38.7 Å². The Bertz CT molecular complexity index is 2680. The average molecular weight is 654 g/mol.